The second-order valence-electron chi connectivity index (χ2n) is 6.13. The molecule has 1 fully saturated rings. The highest BCUT2D eigenvalue weighted by Crippen LogP contribution is 2.22. The van der Waals surface area contributed by atoms with Crippen LogP contribution in [-0.2, 0) is 4.79 Å². The van der Waals surface area contributed by atoms with Gasteiger partial charge in [-0.05, 0) is 44.2 Å². The molecule has 0 radical (unpaired) electrons. The van der Waals surface area contributed by atoms with E-state index in [1.54, 1.807) is 34.1 Å². The summed E-state index contributed by atoms with van der Waals surface area (Å²) in [5.41, 5.74) is 2.52. The first kappa shape index (κ1) is 16.5. The van der Waals surface area contributed by atoms with Gasteiger partial charge in [0.25, 0.3) is 5.91 Å². The Labute approximate surface area is 146 Å². The van der Waals surface area contributed by atoms with Gasteiger partial charge >= 0.3 is 0 Å². The molecule has 1 aliphatic heterocycles. The number of carbonyl (C=O) groups is 2. The molecule has 5 heteroatoms. The van der Waals surface area contributed by atoms with Gasteiger partial charge in [-0.1, -0.05) is 35.4 Å². The normalized spacial score (nSPS) is 18.0. The van der Waals surface area contributed by atoms with Crippen molar-refractivity contribution in [3.63, 3.8) is 0 Å². The summed E-state index contributed by atoms with van der Waals surface area (Å²) in [6, 6.07) is 14.6. The molecule has 2 amide bonds. The quantitative estimate of drug-likeness (QED) is 0.837. The van der Waals surface area contributed by atoms with Gasteiger partial charge in [0, 0.05) is 28.9 Å². The van der Waals surface area contributed by atoms with Gasteiger partial charge in [0.2, 0.25) is 5.91 Å². The average Bonchev–Trinajstić information content (AvgIpc) is 2.57. The Morgan fingerprint density at radius 2 is 1.88 bits per heavy atom. The van der Waals surface area contributed by atoms with Crippen molar-refractivity contribution in [3.05, 3.63) is 64.7 Å². The van der Waals surface area contributed by atoms with Gasteiger partial charge in [0.05, 0.1) is 0 Å². The molecule has 4 nitrogen and oxygen atoms in total. The van der Waals surface area contributed by atoms with E-state index in [9.17, 15) is 9.59 Å². The van der Waals surface area contributed by atoms with Crippen molar-refractivity contribution in [2.24, 2.45) is 0 Å². The molecule has 1 saturated heterocycles. The van der Waals surface area contributed by atoms with E-state index in [2.05, 4.69) is 0 Å². The van der Waals surface area contributed by atoms with Crippen LogP contribution in [0.4, 0.5) is 5.69 Å². The van der Waals surface area contributed by atoms with E-state index in [4.69, 9.17) is 11.6 Å². The average molecular weight is 343 g/mol. The van der Waals surface area contributed by atoms with Crippen LogP contribution < -0.4 is 4.90 Å². The van der Waals surface area contributed by atoms with Crippen molar-refractivity contribution in [2.45, 2.75) is 19.9 Å². The highest BCUT2D eigenvalue weighted by atomic mass is 35.5. The third kappa shape index (κ3) is 3.29. The Morgan fingerprint density at radius 1 is 1.17 bits per heavy atom. The van der Waals surface area contributed by atoms with E-state index >= 15 is 0 Å². The van der Waals surface area contributed by atoms with Crippen molar-refractivity contribution in [3.8, 4) is 0 Å². The van der Waals surface area contributed by atoms with E-state index in [-0.39, 0.29) is 24.4 Å². The molecule has 0 aromatic heterocycles. The van der Waals surface area contributed by atoms with Crippen molar-refractivity contribution < 1.29 is 9.59 Å². The molecule has 2 aromatic carbocycles. The summed E-state index contributed by atoms with van der Waals surface area (Å²) >= 11 is 5.96. The predicted octanol–water partition coefficient (Wildman–Crippen LogP) is 3.53. The third-order valence-electron chi connectivity index (χ3n) is 4.26. The topological polar surface area (TPSA) is 40.6 Å². The monoisotopic (exact) mass is 342 g/mol. The fourth-order valence-electron chi connectivity index (χ4n) is 2.88. The molecule has 0 aliphatic carbocycles. The minimum atomic E-state index is -0.165. The molecule has 0 unspecified atom stereocenters. The maximum atomic E-state index is 12.7. The standard InChI is InChI=1S/C19H19ClN2O2/c1-13-6-8-17(9-7-13)22-11-14(2)21(12-18(22)23)19(24)15-4-3-5-16(20)10-15/h3-10,14H,11-12H2,1-2H3/t14-/m0/s1. The fraction of sp³-hybridized carbons (Fsp3) is 0.263. The summed E-state index contributed by atoms with van der Waals surface area (Å²) in [7, 11) is 0. The number of rotatable bonds is 2. The lowest BCUT2D eigenvalue weighted by Crippen LogP contribution is -2.57. The smallest absolute Gasteiger partial charge is 0.254 e. The van der Waals surface area contributed by atoms with Crippen LogP contribution in [0.25, 0.3) is 0 Å². The van der Waals surface area contributed by atoms with Gasteiger partial charge in [0.15, 0.2) is 0 Å². The maximum absolute atomic E-state index is 12.7. The number of halogens is 1. The van der Waals surface area contributed by atoms with Crippen molar-refractivity contribution in [2.75, 3.05) is 18.0 Å². The van der Waals surface area contributed by atoms with E-state index in [1.807, 2.05) is 38.1 Å². The Bertz CT molecular complexity index is 773. The van der Waals surface area contributed by atoms with Crippen molar-refractivity contribution >= 4 is 29.1 Å². The number of piperazine rings is 1. The summed E-state index contributed by atoms with van der Waals surface area (Å²) in [6.45, 7) is 4.51. The molecular formula is C19H19ClN2O2. The van der Waals surface area contributed by atoms with Gasteiger partial charge in [0.1, 0.15) is 6.54 Å². The number of amides is 2. The summed E-state index contributed by atoms with van der Waals surface area (Å²) in [4.78, 5) is 28.6. The molecule has 1 aliphatic rings. The first-order valence-corrected chi connectivity index (χ1v) is 8.27. The van der Waals surface area contributed by atoms with E-state index in [0.29, 0.717) is 17.1 Å². The molecule has 124 valence electrons. The van der Waals surface area contributed by atoms with Crippen LogP contribution in [-0.4, -0.2) is 35.8 Å². The molecule has 24 heavy (non-hydrogen) atoms. The van der Waals surface area contributed by atoms with E-state index in [0.717, 1.165) is 11.3 Å². The summed E-state index contributed by atoms with van der Waals surface area (Å²) < 4.78 is 0. The molecule has 3 rings (SSSR count). The number of benzene rings is 2. The largest absolute Gasteiger partial charge is 0.325 e. The number of anilines is 1. The van der Waals surface area contributed by atoms with Crippen LogP contribution in [0.5, 0.6) is 0 Å². The molecule has 0 spiro atoms. The van der Waals surface area contributed by atoms with Crippen molar-refractivity contribution in [1.29, 1.82) is 0 Å². The second-order valence-corrected chi connectivity index (χ2v) is 6.57. The highest BCUT2D eigenvalue weighted by Gasteiger charge is 2.33. The van der Waals surface area contributed by atoms with E-state index in [1.165, 1.54) is 0 Å². The van der Waals surface area contributed by atoms with Crippen molar-refractivity contribution in [1.82, 2.24) is 4.90 Å². The lowest BCUT2D eigenvalue weighted by Gasteiger charge is -2.39. The Hall–Kier alpha value is -2.33. The predicted molar refractivity (Wildman–Crippen MR) is 95.5 cm³/mol. The molecule has 0 N–H and O–H groups in total. The summed E-state index contributed by atoms with van der Waals surface area (Å²) in [5, 5.41) is 0.512. The minimum absolute atomic E-state index is 0.0698. The number of hydrogen-bond acceptors (Lipinski definition) is 2. The van der Waals surface area contributed by atoms with Crippen LogP contribution in [0.3, 0.4) is 0 Å². The van der Waals surface area contributed by atoms with Gasteiger partial charge < -0.3 is 9.80 Å². The van der Waals surface area contributed by atoms with Gasteiger partial charge in [-0.2, -0.15) is 0 Å². The lowest BCUT2D eigenvalue weighted by molar-refractivity contribution is -0.121. The minimum Gasteiger partial charge on any atom is -0.325 e. The highest BCUT2D eigenvalue weighted by molar-refractivity contribution is 6.31. The maximum Gasteiger partial charge on any atom is 0.254 e. The third-order valence-corrected chi connectivity index (χ3v) is 4.50. The Kier molecular flexibility index (Phi) is 4.58. The first-order chi connectivity index (χ1) is 11.5. The Balaban J connectivity index is 1.79. The zero-order valence-corrected chi connectivity index (χ0v) is 14.5. The molecule has 0 bridgehead atoms. The molecular weight excluding hydrogens is 324 g/mol. The molecule has 2 aromatic rings. The number of carbonyl (C=O) groups excluding carboxylic acids is 2. The van der Waals surface area contributed by atoms with Crippen LogP contribution in [0.2, 0.25) is 5.02 Å². The summed E-state index contributed by atoms with van der Waals surface area (Å²) in [6.07, 6.45) is 0. The van der Waals surface area contributed by atoms with Crippen LogP contribution in [0.15, 0.2) is 48.5 Å². The Morgan fingerprint density at radius 3 is 2.54 bits per heavy atom. The lowest BCUT2D eigenvalue weighted by atomic mass is 10.1. The number of aryl methyl sites for hydroxylation is 1. The van der Waals surface area contributed by atoms with Gasteiger partial charge in [-0.3, -0.25) is 9.59 Å². The molecule has 1 atom stereocenters. The number of nitrogens with zero attached hydrogens (tertiary/aromatic N) is 2. The van der Waals surface area contributed by atoms with Crippen LogP contribution >= 0.6 is 11.6 Å². The second kappa shape index (κ2) is 6.65. The zero-order valence-electron chi connectivity index (χ0n) is 13.7. The van der Waals surface area contributed by atoms with E-state index < -0.39 is 0 Å². The fourth-order valence-corrected chi connectivity index (χ4v) is 3.08. The van der Waals surface area contributed by atoms with Crippen LogP contribution in [0.1, 0.15) is 22.8 Å². The molecule has 0 saturated carbocycles. The first-order valence-electron chi connectivity index (χ1n) is 7.89. The van der Waals surface area contributed by atoms with Gasteiger partial charge in [-0.15, -0.1) is 0 Å². The van der Waals surface area contributed by atoms with Crippen LogP contribution in [0, 0.1) is 6.92 Å². The SMILES string of the molecule is Cc1ccc(N2C[C@H](C)N(C(=O)c3cccc(Cl)c3)CC2=O)cc1. The van der Waals surface area contributed by atoms with Gasteiger partial charge in [-0.25, -0.2) is 0 Å². The zero-order chi connectivity index (χ0) is 17.3. The summed E-state index contributed by atoms with van der Waals surface area (Å²) in [5.74, 6) is -0.241. The molecule has 1 heterocycles. The number of hydrogen-bond donors (Lipinski definition) is 0.